The van der Waals surface area contributed by atoms with Gasteiger partial charge in [0, 0.05) is 24.9 Å². The lowest BCUT2D eigenvalue weighted by Gasteiger charge is -2.04. The molecule has 0 N–H and O–H groups in total. The fraction of sp³-hybridized carbons (Fsp3) is 0.0638. The van der Waals surface area contributed by atoms with E-state index in [1.165, 1.54) is 11.1 Å². The molecule has 0 atom stereocenters. The van der Waals surface area contributed by atoms with E-state index in [1.807, 2.05) is 122 Å². The van der Waals surface area contributed by atoms with Crippen LogP contribution in [0.25, 0.3) is 0 Å². The zero-order valence-corrected chi connectivity index (χ0v) is 29.5. The van der Waals surface area contributed by atoms with Crippen LogP contribution in [0.2, 0.25) is 0 Å². The maximum atomic E-state index is 5.52. The third-order valence-corrected chi connectivity index (χ3v) is 8.01. The van der Waals surface area contributed by atoms with Gasteiger partial charge in [-0.15, -0.1) is 0 Å². The Morgan fingerprint density at radius 3 is 0.887 bits per heavy atom. The van der Waals surface area contributed by atoms with Crippen LogP contribution in [0.3, 0.4) is 0 Å². The van der Waals surface area contributed by atoms with Crippen LogP contribution in [0, 0.1) is 0 Å². The zero-order chi connectivity index (χ0) is 36.5. The summed E-state index contributed by atoms with van der Waals surface area (Å²) >= 11 is 0. The van der Waals surface area contributed by atoms with E-state index in [4.69, 9.17) is 9.47 Å². The molecule has 0 heterocycles. The van der Waals surface area contributed by atoms with Crippen LogP contribution in [-0.2, 0) is 6.42 Å². The lowest BCUT2D eigenvalue weighted by atomic mass is 10.0. The number of ether oxygens (including phenoxy) is 2. The van der Waals surface area contributed by atoms with E-state index in [-0.39, 0.29) is 0 Å². The van der Waals surface area contributed by atoms with Crippen LogP contribution in [0.1, 0.15) is 33.4 Å². The van der Waals surface area contributed by atoms with Crippen molar-refractivity contribution in [1.82, 2.24) is 0 Å². The summed E-state index contributed by atoms with van der Waals surface area (Å²) in [5.74, 6) is 1.60. The van der Waals surface area contributed by atoms with Gasteiger partial charge in [0.1, 0.15) is 24.7 Å². The monoisotopic (exact) mass is 692 g/mol. The smallest absolute Gasteiger partial charge is 0.119 e. The number of benzene rings is 6. The van der Waals surface area contributed by atoms with E-state index in [0.717, 1.165) is 62.9 Å². The van der Waals surface area contributed by atoms with Crippen molar-refractivity contribution in [2.45, 2.75) is 6.42 Å². The molecule has 0 unspecified atom stereocenters. The average Bonchev–Trinajstić information content (AvgIpc) is 3.21. The van der Waals surface area contributed by atoms with Crippen LogP contribution in [0.15, 0.2) is 191 Å². The highest BCUT2D eigenvalue weighted by molar-refractivity contribution is 5.87. The van der Waals surface area contributed by atoms with Crippen molar-refractivity contribution >= 4 is 47.6 Å². The quantitative estimate of drug-likeness (QED) is 0.0748. The van der Waals surface area contributed by atoms with E-state index in [2.05, 4.69) is 81.7 Å². The van der Waals surface area contributed by atoms with Gasteiger partial charge in [-0.25, -0.2) is 0 Å². The summed E-state index contributed by atoms with van der Waals surface area (Å²) in [5, 5.41) is 0. The van der Waals surface area contributed by atoms with Crippen LogP contribution in [0.5, 0.6) is 11.5 Å². The molecule has 0 bridgehead atoms. The summed E-state index contributed by atoms with van der Waals surface area (Å²) in [4.78, 5) is 18.4. The van der Waals surface area contributed by atoms with Crippen molar-refractivity contribution in [3.8, 4) is 11.5 Å². The van der Waals surface area contributed by atoms with Crippen LogP contribution < -0.4 is 9.47 Å². The van der Waals surface area contributed by atoms with Gasteiger partial charge < -0.3 is 9.47 Å². The number of nitrogens with zero attached hydrogens (tertiary/aromatic N) is 4. The summed E-state index contributed by atoms with van der Waals surface area (Å²) in [7, 11) is 0. The Kier molecular flexibility index (Phi) is 12.8. The molecule has 0 aromatic heterocycles. The van der Waals surface area contributed by atoms with Crippen molar-refractivity contribution in [3.63, 3.8) is 0 Å². The SMILES string of the molecule is C=CCOc1ccc(N=Cc2ccc(C=Nc3ccc(Cc4ccc(N=Cc5ccc(C=Nc6ccc(OCC=C)cc6)cc5)cc4)cc3)cc2)cc1. The minimum Gasteiger partial charge on any atom is -0.490 e. The molecule has 6 nitrogen and oxygen atoms in total. The highest BCUT2D eigenvalue weighted by atomic mass is 16.5. The lowest BCUT2D eigenvalue weighted by Crippen LogP contribution is -1.91. The molecule has 260 valence electrons. The molecule has 0 amide bonds. The maximum absolute atomic E-state index is 5.52. The van der Waals surface area contributed by atoms with Gasteiger partial charge in [-0.2, -0.15) is 0 Å². The summed E-state index contributed by atoms with van der Waals surface area (Å²) in [6.45, 7) is 8.30. The molecule has 0 aliphatic carbocycles. The summed E-state index contributed by atoms with van der Waals surface area (Å²) < 4.78 is 11.0. The third kappa shape index (κ3) is 11.6. The van der Waals surface area contributed by atoms with Crippen molar-refractivity contribution in [2.75, 3.05) is 13.2 Å². The van der Waals surface area contributed by atoms with Crippen LogP contribution in [0.4, 0.5) is 22.7 Å². The van der Waals surface area contributed by atoms with E-state index in [1.54, 1.807) is 12.2 Å². The third-order valence-electron chi connectivity index (χ3n) is 8.01. The first-order chi connectivity index (χ1) is 26.1. The Morgan fingerprint density at radius 2 is 0.623 bits per heavy atom. The van der Waals surface area contributed by atoms with Gasteiger partial charge in [0.05, 0.1) is 22.7 Å². The molecular weight excluding hydrogens is 653 g/mol. The van der Waals surface area contributed by atoms with E-state index in [0.29, 0.717) is 13.2 Å². The normalized spacial score (nSPS) is 11.5. The van der Waals surface area contributed by atoms with Crippen molar-refractivity contribution in [2.24, 2.45) is 20.0 Å². The summed E-state index contributed by atoms with van der Waals surface area (Å²) in [5.41, 5.74) is 10.1. The first kappa shape index (κ1) is 35.9. The Morgan fingerprint density at radius 1 is 0.358 bits per heavy atom. The second-order valence-electron chi connectivity index (χ2n) is 12.1. The number of rotatable bonds is 16. The molecule has 0 saturated carbocycles. The Labute approximate surface area is 311 Å². The minimum absolute atomic E-state index is 0.485. The van der Waals surface area contributed by atoms with Gasteiger partial charge in [0.2, 0.25) is 0 Å². The molecule has 0 spiro atoms. The molecule has 0 radical (unpaired) electrons. The van der Waals surface area contributed by atoms with Gasteiger partial charge in [-0.1, -0.05) is 98.1 Å². The van der Waals surface area contributed by atoms with E-state index in [9.17, 15) is 0 Å². The maximum Gasteiger partial charge on any atom is 0.119 e. The Bertz CT molecular complexity index is 2020. The molecule has 6 heteroatoms. The predicted molar refractivity (Wildman–Crippen MR) is 222 cm³/mol. The fourth-order valence-corrected chi connectivity index (χ4v) is 5.14. The van der Waals surface area contributed by atoms with Gasteiger partial charge in [-0.05, 0) is 113 Å². The fourth-order valence-electron chi connectivity index (χ4n) is 5.14. The molecule has 0 aliphatic heterocycles. The first-order valence-electron chi connectivity index (χ1n) is 17.3. The average molecular weight is 693 g/mol. The van der Waals surface area contributed by atoms with Crippen molar-refractivity contribution in [1.29, 1.82) is 0 Å². The van der Waals surface area contributed by atoms with E-state index >= 15 is 0 Å². The molecule has 53 heavy (non-hydrogen) atoms. The summed E-state index contributed by atoms with van der Waals surface area (Å²) in [6, 6.07) is 48.3. The molecule has 6 aromatic carbocycles. The standard InChI is InChI=1S/C47H40N4O2/c1-3-29-52-46-25-21-44(22-26-46)50-34-40-9-5-38(6-10-40)32-48-42-17-13-36(14-18-42)31-37-15-19-43(20-16-37)49-33-39-7-11-41(12-8-39)35-51-45-23-27-47(28-24-45)53-30-4-2/h3-28,32-35H,1-2,29-31H2. The minimum atomic E-state index is 0.485. The van der Waals surface area contributed by atoms with Crippen molar-refractivity contribution in [3.05, 3.63) is 204 Å². The van der Waals surface area contributed by atoms with E-state index < -0.39 is 0 Å². The Hall–Kier alpha value is -6.92. The first-order valence-corrected chi connectivity index (χ1v) is 17.3. The molecule has 0 aliphatic rings. The topological polar surface area (TPSA) is 67.9 Å². The van der Waals surface area contributed by atoms with Gasteiger partial charge in [0.15, 0.2) is 0 Å². The molecule has 0 saturated heterocycles. The highest BCUT2D eigenvalue weighted by Gasteiger charge is 2.00. The Balaban J connectivity index is 0.952. The molecule has 6 aromatic rings. The molecule has 0 fully saturated rings. The number of aliphatic imine (C=N–C) groups is 4. The number of hydrogen-bond acceptors (Lipinski definition) is 6. The van der Waals surface area contributed by atoms with Gasteiger partial charge in [-0.3, -0.25) is 20.0 Å². The van der Waals surface area contributed by atoms with Gasteiger partial charge >= 0.3 is 0 Å². The van der Waals surface area contributed by atoms with Crippen molar-refractivity contribution < 1.29 is 9.47 Å². The highest BCUT2D eigenvalue weighted by Crippen LogP contribution is 2.21. The lowest BCUT2D eigenvalue weighted by molar-refractivity contribution is 0.363. The molecular formula is C47H40N4O2. The number of hydrogen-bond donors (Lipinski definition) is 0. The molecule has 6 rings (SSSR count). The zero-order valence-electron chi connectivity index (χ0n) is 29.5. The van der Waals surface area contributed by atoms with Crippen LogP contribution >= 0.6 is 0 Å². The van der Waals surface area contributed by atoms with Crippen LogP contribution in [-0.4, -0.2) is 38.1 Å². The second-order valence-corrected chi connectivity index (χ2v) is 12.1. The van der Waals surface area contributed by atoms with Gasteiger partial charge in [0.25, 0.3) is 0 Å². The largest absolute Gasteiger partial charge is 0.490 e. The predicted octanol–water partition coefficient (Wildman–Crippen LogP) is 11.4. The summed E-state index contributed by atoms with van der Waals surface area (Å²) in [6.07, 6.45) is 11.7. The second kappa shape index (κ2) is 18.9.